The van der Waals surface area contributed by atoms with Gasteiger partial charge in [-0.2, -0.15) is 0 Å². The van der Waals surface area contributed by atoms with Gasteiger partial charge in [-0.15, -0.1) is 0 Å². The molecule has 0 spiro atoms. The third-order valence-corrected chi connectivity index (χ3v) is 4.29. The highest BCUT2D eigenvalue weighted by atomic mass is 35.5. The molecule has 1 aliphatic heterocycles. The van der Waals surface area contributed by atoms with Gasteiger partial charge < -0.3 is 10.0 Å². The van der Waals surface area contributed by atoms with Crippen LogP contribution in [0.1, 0.15) is 19.4 Å². The number of carboxylic acids is 1. The second-order valence-electron chi connectivity index (χ2n) is 6.03. The zero-order chi connectivity index (χ0) is 15.6. The molecular formula is C16H21ClN2O2. The maximum atomic E-state index is 10.8. The predicted octanol–water partition coefficient (Wildman–Crippen LogP) is 2.97. The van der Waals surface area contributed by atoms with Crippen molar-refractivity contribution in [3.63, 3.8) is 0 Å². The highest BCUT2D eigenvalue weighted by Crippen LogP contribution is 2.30. The van der Waals surface area contributed by atoms with Gasteiger partial charge in [0.05, 0.1) is 0 Å². The molecule has 0 bridgehead atoms. The fourth-order valence-corrected chi connectivity index (χ4v) is 2.73. The van der Waals surface area contributed by atoms with Crippen LogP contribution < -0.4 is 4.90 Å². The minimum absolute atomic E-state index is 0.0751. The van der Waals surface area contributed by atoms with E-state index in [9.17, 15) is 4.79 Å². The molecule has 1 aromatic rings. The molecular weight excluding hydrogens is 288 g/mol. The van der Waals surface area contributed by atoms with Gasteiger partial charge in [-0.05, 0) is 50.7 Å². The Morgan fingerprint density at radius 3 is 2.71 bits per heavy atom. The number of carboxylic acid groups (broad SMARTS) is 1. The van der Waals surface area contributed by atoms with Gasteiger partial charge in [0, 0.05) is 42.0 Å². The number of piperazine rings is 1. The van der Waals surface area contributed by atoms with E-state index in [0.717, 1.165) is 37.0 Å². The number of aliphatic carboxylic acids is 1. The third kappa shape index (κ3) is 3.77. The van der Waals surface area contributed by atoms with E-state index in [1.807, 2.05) is 18.2 Å². The van der Waals surface area contributed by atoms with Crippen LogP contribution in [0.4, 0.5) is 5.69 Å². The van der Waals surface area contributed by atoms with Crippen LogP contribution in [0, 0.1) is 0 Å². The molecule has 0 atom stereocenters. The standard InChI is InChI=1S/C16H21ClN2O2/c1-16(2)11-19(9-8-18(16)3)14-6-5-13(17)10-12(14)4-7-15(20)21/h4-7,10H,8-9,11H2,1-3H3,(H,20,21)/b7-4+. The van der Waals surface area contributed by atoms with Crippen LogP contribution >= 0.6 is 11.6 Å². The normalized spacial score (nSPS) is 19.1. The van der Waals surface area contributed by atoms with E-state index < -0.39 is 5.97 Å². The first-order valence-electron chi connectivity index (χ1n) is 6.96. The second-order valence-corrected chi connectivity index (χ2v) is 6.47. The molecule has 0 aromatic heterocycles. The van der Waals surface area contributed by atoms with Crippen molar-refractivity contribution in [3.8, 4) is 0 Å². The Morgan fingerprint density at radius 2 is 2.10 bits per heavy atom. The molecule has 2 rings (SSSR count). The molecule has 0 amide bonds. The SMILES string of the molecule is CN1CCN(c2ccc(Cl)cc2/C=C/C(=O)O)CC1(C)C. The highest BCUT2D eigenvalue weighted by Gasteiger charge is 2.31. The maximum Gasteiger partial charge on any atom is 0.328 e. The van der Waals surface area contributed by atoms with Crippen molar-refractivity contribution in [1.29, 1.82) is 0 Å². The van der Waals surface area contributed by atoms with E-state index in [2.05, 4.69) is 30.7 Å². The fourth-order valence-electron chi connectivity index (χ4n) is 2.55. The molecule has 1 heterocycles. The Labute approximate surface area is 130 Å². The second kappa shape index (κ2) is 6.08. The molecule has 1 fully saturated rings. The summed E-state index contributed by atoms with van der Waals surface area (Å²) in [7, 11) is 2.13. The Balaban J connectivity index is 2.33. The Hall–Kier alpha value is -1.52. The number of rotatable bonds is 3. The summed E-state index contributed by atoms with van der Waals surface area (Å²) in [5, 5.41) is 9.43. The van der Waals surface area contributed by atoms with Crippen molar-refractivity contribution < 1.29 is 9.90 Å². The van der Waals surface area contributed by atoms with Crippen LogP contribution in [0.3, 0.4) is 0 Å². The Kier molecular flexibility index (Phi) is 4.59. The van der Waals surface area contributed by atoms with Crippen LogP contribution in [-0.2, 0) is 4.79 Å². The lowest BCUT2D eigenvalue weighted by atomic mass is 9.98. The highest BCUT2D eigenvalue weighted by molar-refractivity contribution is 6.30. The molecule has 1 aromatic carbocycles. The number of benzene rings is 1. The van der Waals surface area contributed by atoms with Gasteiger partial charge in [0.1, 0.15) is 0 Å². The molecule has 1 N–H and O–H groups in total. The number of halogens is 1. The van der Waals surface area contributed by atoms with Crippen molar-refractivity contribution in [2.75, 3.05) is 31.6 Å². The molecule has 21 heavy (non-hydrogen) atoms. The van der Waals surface area contributed by atoms with Crippen molar-refractivity contribution >= 4 is 29.3 Å². The van der Waals surface area contributed by atoms with E-state index in [0.29, 0.717) is 5.02 Å². The lowest BCUT2D eigenvalue weighted by molar-refractivity contribution is -0.131. The van der Waals surface area contributed by atoms with Crippen molar-refractivity contribution in [1.82, 2.24) is 4.90 Å². The molecule has 0 saturated carbocycles. The smallest absolute Gasteiger partial charge is 0.328 e. The topological polar surface area (TPSA) is 43.8 Å². The van der Waals surface area contributed by atoms with Gasteiger partial charge in [0.15, 0.2) is 0 Å². The van der Waals surface area contributed by atoms with Crippen LogP contribution in [-0.4, -0.2) is 48.2 Å². The monoisotopic (exact) mass is 308 g/mol. The van der Waals surface area contributed by atoms with Crippen molar-refractivity contribution in [2.45, 2.75) is 19.4 Å². The Morgan fingerprint density at radius 1 is 1.38 bits per heavy atom. The summed E-state index contributed by atoms with van der Waals surface area (Å²) in [5.74, 6) is -0.959. The molecule has 0 radical (unpaired) electrons. The van der Waals surface area contributed by atoms with E-state index in [4.69, 9.17) is 16.7 Å². The average Bonchev–Trinajstić information content (AvgIpc) is 2.39. The lowest BCUT2D eigenvalue weighted by Crippen LogP contribution is -2.57. The van der Waals surface area contributed by atoms with E-state index in [1.165, 1.54) is 0 Å². The fraction of sp³-hybridized carbons (Fsp3) is 0.438. The number of hydrogen-bond acceptors (Lipinski definition) is 3. The zero-order valence-corrected chi connectivity index (χ0v) is 13.4. The minimum atomic E-state index is -0.959. The first kappa shape index (κ1) is 15.9. The minimum Gasteiger partial charge on any atom is -0.478 e. The number of anilines is 1. The molecule has 0 aliphatic carbocycles. The van der Waals surface area contributed by atoms with Crippen LogP contribution in [0.25, 0.3) is 6.08 Å². The number of carbonyl (C=O) groups is 1. The van der Waals surface area contributed by atoms with Gasteiger partial charge in [0.25, 0.3) is 0 Å². The van der Waals surface area contributed by atoms with Crippen molar-refractivity contribution in [2.24, 2.45) is 0 Å². The van der Waals surface area contributed by atoms with Gasteiger partial charge in [-0.25, -0.2) is 4.79 Å². The summed E-state index contributed by atoms with van der Waals surface area (Å²) in [6.07, 6.45) is 2.76. The number of likely N-dealkylation sites (N-methyl/N-ethyl adjacent to an activating group) is 1. The molecule has 4 nitrogen and oxygen atoms in total. The maximum absolute atomic E-state index is 10.8. The molecule has 5 heteroatoms. The van der Waals surface area contributed by atoms with Crippen molar-refractivity contribution in [3.05, 3.63) is 34.9 Å². The van der Waals surface area contributed by atoms with Gasteiger partial charge in [0.2, 0.25) is 0 Å². The lowest BCUT2D eigenvalue weighted by Gasteiger charge is -2.46. The predicted molar refractivity (Wildman–Crippen MR) is 87.0 cm³/mol. The molecule has 0 unspecified atom stereocenters. The van der Waals surface area contributed by atoms with E-state index >= 15 is 0 Å². The van der Waals surface area contributed by atoms with Gasteiger partial charge in [-0.3, -0.25) is 4.90 Å². The summed E-state index contributed by atoms with van der Waals surface area (Å²) in [4.78, 5) is 15.4. The summed E-state index contributed by atoms with van der Waals surface area (Å²) < 4.78 is 0. The average molecular weight is 309 g/mol. The van der Waals surface area contributed by atoms with E-state index in [-0.39, 0.29) is 5.54 Å². The van der Waals surface area contributed by atoms with Gasteiger partial charge in [-0.1, -0.05) is 11.6 Å². The third-order valence-electron chi connectivity index (χ3n) is 4.05. The van der Waals surface area contributed by atoms with Crippen LogP contribution in [0.5, 0.6) is 0 Å². The summed E-state index contributed by atoms with van der Waals surface area (Å²) in [5.41, 5.74) is 1.94. The molecule has 114 valence electrons. The Bertz CT molecular complexity index is 569. The van der Waals surface area contributed by atoms with E-state index in [1.54, 1.807) is 6.08 Å². The van der Waals surface area contributed by atoms with Gasteiger partial charge >= 0.3 is 5.97 Å². The van der Waals surface area contributed by atoms with Crippen LogP contribution in [0.2, 0.25) is 5.02 Å². The quantitative estimate of drug-likeness (QED) is 0.872. The first-order valence-corrected chi connectivity index (χ1v) is 7.34. The first-order chi connectivity index (χ1) is 9.79. The zero-order valence-electron chi connectivity index (χ0n) is 12.6. The largest absolute Gasteiger partial charge is 0.478 e. The molecule has 1 aliphatic rings. The molecule has 1 saturated heterocycles. The number of nitrogens with zero attached hydrogens (tertiary/aromatic N) is 2. The van der Waals surface area contributed by atoms with Crippen LogP contribution in [0.15, 0.2) is 24.3 Å². The summed E-state index contributed by atoms with van der Waals surface area (Å²) >= 11 is 6.04. The number of hydrogen-bond donors (Lipinski definition) is 1. The summed E-state index contributed by atoms with van der Waals surface area (Å²) in [6.45, 7) is 7.19. The summed E-state index contributed by atoms with van der Waals surface area (Å²) in [6, 6.07) is 5.62.